The Morgan fingerprint density at radius 1 is 1.14 bits per heavy atom. The van der Waals surface area contributed by atoms with Crippen molar-refractivity contribution in [2.45, 2.75) is 79.2 Å². The summed E-state index contributed by atoms with van der Waals surface area (Å²) in [5.41, 5.74) is -0.653. The van der Waals surface area contributed by atoms with Crippen LogP contribution in [0, 0.1) is 11.3 Å². The van der Waals surface area contributed by atoms with Gasteiger partial charge in [0.2, 0.25) is 0 Å². The molecule has 0 saturated carbocycles. The van der Waals surface area contributed by atoms with E-state index in [-0.39, 0.29) is 18.4 Å². The van der Waals surface area contributed by atoms with Gasteiger partial charge in [0, 0.05) is 6.61 Å². The van der Waals surface area contributed by atoms with Crippen molar-refractivity contribution >= 4 is 5.97 Å². The van der Waals surface area contributed by atoms with Crippen molar-refractivity contribution in [3.05, 3.63) is 0 Å². The number of hydrogen-bond acceptors (Lipinski definition) is 5. The summed E-state index contributed by atoms with van der Waals surface area (Å²) in [6.07, 6.45) is 3.88. The average Bonchev–Trinajstić information content (AvgIpc) is 2.25. The highest BCUT2D eigenvalue weighted by Crippen LogP contribution is 2.22. The van der Waals surface area contributed by atoms with Gasteiger partial charge < -0.3 is 5.11 Å². The van der Waals surface area contributed by atoms with Gasteiger partial charge in [0.15, 0.2) is 0 Å². The number of carbonyl (C=O) groups excluding carboxylic acids is 1. The van der Waals surface area contributed by atoms with Gasteiger partial charge >= 0.3 is 5.97 Å². The molecule has 0 aliphatic heterocycles. The second-order valence-electron chi connectivity index (χ2n) is 7.61. The molecule has 1 N–H and O–H groups in total. The normalized spacial score (nSPS) is 14.0. The Morgan fingerprint density at radius 2 is 1.76 bits per heavy atom. The maximum absolute atomic E-state index is 11.5. The van der Waals surface area contributed by atoms with Crippen molar-refractivity contribution in [1.82, 2.24) is 0 Å². The van der Waals surface area contributed by atoms with Gasteiger partial charge in [0.1, 0.15) is 5.60 Å². The van der Waals surface area contributed by atoms with Gasteiger partial charge in [-0.25, -0.2) is 4.79 Å². The third-order valence-electron chi connectivity index (χ3n) is 3.16. The summed E-state index contributed by atoms with van der Waals surface area (Å²) in [6.45, 7) is 12.0. The minimum absolute atomic E-state index is 0.140. The standard InChI is InChI=1S/C16H32O5/c1-13(9-11-17)8-7-10-16(5,6)20-21-19-14(18)12-15(2,3)4/h13,17H,7-12H2,1-6H3. The Labute approximate surface area is 128 Å². The van der Waals surface area contributed by atoms with E-state index in [4.69, 9.17) is 9.99 Å². The zero-order valence-electron chi connectivity index (χ0n) is 14.4. The number of aliphatic hydroxyl groups is 1. The van der Waals surface area contributed by atoms with Crippen LogP contribution in [0.3, 0.4) is 0 Å². The first-order chi connectivity index (χ1) is 9.56. The molecule has 5 nitrogen and oxygen atoms in total. The molecule has 0 amide bonds. The molecule has 0 bridgehead atoms. The van der Waals surface area contributed by atoms with Gasteiger partial charge in [-0.1, -0.05) is 40.5 Å². The van der Waals surface area contributed by atoms with Crippen LogP contribution in [-0.4, -0.2) is 23.3 Å². The second-order valence-corrected chi connectivity index (χ2v) is 7.61. The lowest BCUT2D eigenvalue weighted by Crippen LogP contribution is -2.26. The second kappa shape index (κ2) is 9.38. The van der Waals surface area contributed by atoms with E-state index < -0.39 is 11.6 Å². The van der Waals surface area contributed by atoms with E-state index in [0.29, 0.717) is 5.92 Å². The lowest BCUT2D eigenvalue weighted by Gasteiger charge is -2.23. The van der Waals surface area contributed by atoms with Gasteiger partial charge in [0.25, 0.3) is 0 Å². The van der Waals surface area contributed by atoms with E-state index in [0.717, 1.165) is 25.7 Å². The van der Waals surface area contributed by atoms with E-state index >= 15 is 0 Å². The Hall–Kier alpha value is -0.650. The molecular formula is C16H32O5. The molecule has 0 rings (SSSR count). The Morgan fingerprint density at radius 3 is 2.29 bits per heavy atom. The molecule has 21 heavy (non-hydrogen) atoms. The summed E-state index contributed by atoms with van der Waals surface area (Å²) >= 11 is 0. The lowest BCUT2D eigenvalue weighted by atomic mass is 9.93. The topological polar surface area (TPSA) is 65.0 Å². The molecule has 0 saturated heterocycles. The Balaban J connectivity index is 3.84. The summed E-state index contributed by atoms with van der Waals surface area (Å²) in [6, 6.07) is 0. The highest BCUT2D eigenvalue weighted by molar-refractivity contribution is 5.69. The summed E-state index contributed by atoms with van der Waals surface area (Å²) in [5, 5.41) is 13.5. The average molecular weight is 304 g/mol. The molecule has 0 spiro atoms. The summed E-state index contributed by atoms with van der Waals surface area (Å²) in [5.74, 6) is 0.0613. The molecule has 126 valence electrons. The zero-order valence-corrected chi connectivity index (χ0v) is 14.4. The van der Waals surface area contributed by atoms with E-state index in [1.165, 1.54) is 0 Å². The maximum Gasteiger partial charge on any atom is 0.346 e. The van der Waals surface area contributed by atoms with Gasteiger partial charge in [-0.05, 0) is 43.1 Å². The van der Waals surface area contributed by atoms with Gasteiger partial charge in [-0.2, -0.15) is 4.89 Å². The van der Waals surface area contributed by atoms with Crippen LogP contribution in [0.15, 0.2) is 0 Å². The van der Waals surface area contributed by atoms with Crippen LogP contribution in [0.5, 0.6) is 0 Å². The fourth-order valence-electron chi connectivity index (χ4n) is 1.89. The number of rotatable bonds is 10. The summed E-state index contributed by atoms with van der Waals surface area (Å²) in [7, 11) is 0. The molecule has 0 aromatic rings. The number of carbonyl (C=O) groups is 1. The molecule has 0 fully saturated rings. The van der Waals surface area contributed by atoms with Crippen LogP contribution in [-0.2, 0) is 19.6 Å². The number of aliphatic hydroxyl groups excluding tert-OH is 1. The highest BCUT2D eigenvalue weighted by Gasteiger charge is 2.23. The van der Waals surface area contributed by atoms with Crippen LogP contribution in [0.4, 0.5) is 0 Å². The van der Waals surface area contributed by atoms with Crippen LogP contribution >= 0.6 is 0 Å². The van der Waals surface area contributed by atoms with E-state index in [1.807, 2.05) is 34.6 Å². The Kier molecular flexibility index (Phi) is 9.09. The van der Waals surface area contributed by atoms with E-state index in [1.54, 1.807) is 0 Å². The molecule has 0 aliphatic rings. The smallest absolute Gasteiger partial charge is 0.346 e. The van der Waals surface area contributed by atoms with E-state index in [9.17, 15) is 4.79 Å². The van der Waals surface area contributed by atoms with Crippen molar-refractivity contribution in [3.63, 3.8) is 0 Å². The van der Waals surface area contributed by atoms with Crippen LogP contribution in [0.1, 0.15) is 73.6 Å². The third kappa shape index (κ3) is 12.8. The molecule has 1 unspecified atom stereocenters. The lowest BCUT2D eigenvalue weighted by molar-refractivity contribution is -0.517. The molecular weight excluding hydrogens is 272 g/mol. The summed E-state index contributed by atoms with van der Waals surface area (Å²) in [4.78, 5) is 21.3. The first-order valence-corrected chi connectivity index (χ1v) is 7.72. The molecule has 0 aromatic carbocycles. The minimum atomic E-state index is -0.513. The quantitative estimate of drug-likeness (QED) is 0.491. The first-order valence-electron chi connectivity index (χ1n) is 7.72. The molecule has 0 heterocycles. The highest BCUT2D eigenvalue weighted by atomic mass is 17.5. The fourth-order valence-corrected chi connectivity index (χ4v) is 1.89. The maximum atomic E-state index is 11.5. The summed E-state index contributed by atoms with van der Waals surface area (Å²) < 4.78 is 0. The first kappa shape index (κ1) is 20.3. The van der Waals surface area contributed by atoms with Gasteiger partial charge in [-0.3, -0.25) is 4.89 Å². The van der Waals surface area contributed by atoms with Crippen molar-refractivity contribution in [2.24, 2.45) is 11.3 Å². The third-order valence-corrected chi connectivity index (χ3v) is 3.16. The molecule has 1 atom stereocenters. The predicted octanol–water partition coefficient (Wildman–Crippen LogP) is 3.80. The predicted molar refractivity (Wildman–Crippen MR) is 81.1 cm³/mol. The fraction of sp³-hybridized carbons (Fsp3) is 0.938. The monoisotopic (exact) mass is 304 g/mol. The van der Waals surface area contributed by atoms with Crippen molar-refractivity contribution in [1.29, 1.82) is 0 Å². The number of hydrogen-bond donors (Lipinski definition) is 1. The van der Waals surface area contributed by atoms with Crippen LogP contribution < -0.4 is 0 Å². The van der Waals surface area contributed by atoms with Crippen molar-refractivity contribution < 1.29 is 24.7 Å². The minimum Gasteiger partial charge on any atom is -0.396 e. The molecule has 0 radical (unpaired) electrons. The van der Waals surface area contributed by atoms with Crippen LogP contribution in [0.25, 0.3) is 0 Å². The van der Waals surface area contributed by atoms with Crippen molar-refractivity contribution in [3.8, 4) is 0 Å². The van der Waals surface area contributed by atoms with Crippen LogP contribution in [0.2, 0.25) is 0 Å². The molecule has 5 heteroatoms. The molecule has 0 aliphatic carbocycles. The zero-order chi connectivity index (χ0) is 16.5. The SMILES string of the molecule is CC(CCO)CCCC(C)(C)OOOC(=O)CC(C)(C)C. The van der Waals surface area contributed by atoms with Gasteiger partial charge in [-0.15, -0.1) is 0 Å². The van der Waals surface area contributed by atoms with Crippen molar-refractivity contribution in [2.75, 3.05) is 6.61 Å². The van der Waals surface area contributed by atoms with Gasteiger partial charge in [0.05, 0.1) is 6.42 Å². The molecule has 0 aromatic heterocycles. The Bertz CT molecular complexity index is 294. The van der Waals surface area contributed by atoms with E-state index in [2.05, 4.69) is 16.8 Å². The largest absolute Gasteiger partial charge is 0.396 e.